The highest BCUT2D eigenvalue weighted by atomic mass is 16.3. The number of aromatic amines is 1. The number of fused-ring (bicyclic) bond motifs is 1. The number of aryl methyl sites for hydroxylation is 1. The molecule has 0 aromatic carbocycles. The molecule has 3 aromatic heterocycles. The van der Waals surface area contributed by atoms with Gasteiger partial charge in [0.2, 0.25) is 0 Å². The van der Waals surface area contributed by atoms with Crippen molar-refractivity contribution in [2.75, 3.05) is 11.9 Å². The van der Waals surface area contributed by atoms with Crippen LogP contribution in [0.15, 0.2) is 29.1 Å². The molecule has 110 valence electrons. The third kappa shape index (κ3) is 3.21. The van der Waals surface area contributed by atoms with Crippen LogP contribution in [0.1, 0.15) is 25.0 Å². The van der Waals surface area contributed by atoms with Gasteiger partial charge in [-0.3, -0.25) is 10.1 Å². The fourth-order valence-corrected chi connectivity index (χ4v) is 2.39. The Morgan fingerprint density at radius 2 is 2.29 bits per heavy atom. The molecule has 0 fully saturated rings. The van der Waals surface area contributed by atoms with Crippen molar-refractivity contribution in [1.82, 2.24) is 20.2 Å². The molecular weight excluding hydrogens is 266 g/mol. The number of H-pyrrole nitrogens is 1. The standard InChI is InChI=1S/C15H19N5O/c1-10(7-12-8-18-11(2)21-12)3-5-16-13-4-6-17-14-9-19-20-15(13)14/h4,6,8-10H,3,5,7H2,1-2H3,(H,16,17)(H,19,20)/t10-/m0/s1. The van der Waals surface area contributed by atoms with Crippen LogP contribution in [0.4, 0.5) is 5.69 Å². The molecule has 3 rings (SSSR count). The Kier molecular flexibility index (Phi) is 3.85. The zero-order valence-electron chi connectivity index (χ0n) is 12.3. The van der Waals surface area contributed by atoms with Crippen LogP contribution in [-0.2, 0) is 6.42 Å². The van der Waals surface area contributed by atoms with Gasteiger partial charge in [-0.2, -0.15) is 5.10 Å². The molecule has 0 saturated heterocycles. The van der Waals surface area contributed by atoms with Crippen molar-refractivity contribution < 1.29 is 4.42 Å². The lowest BCUT2D eigenvalue weighted by molar-refractivity contribution is 0.428. The normalized spacial score (nSPS) is 12.7. The number of rotatable bonds is 6. The van der Waals surface area contributed by atoms with Crippen LogP contribution in [0.2, 0.25) is 0 Å². The van der Waals surface area contributed by atoms with E-state index in [1.807, 2.05) is 19.2 Å². The van der Waals surface area contributed by atoms with E-state index >= 15 is 0 Å². The van der Waals surface area contributed by atoms with Crippen LogP contribution < -0.4 is 5.32 Å². The summed E-state index contributed by atoms with van der Waals surface area (Å²) >= 11 is 0. The van der Waals surface area contributed by atoms with Crippen LogP contribution in [0.25, 0.3) is 11.0 Å². The van der Waals surface area contributed by atoms with Crippen LogP contribution >= 0.6 is 0 Å². The Bertz CT molecular complexity index is 718. The van der Waals surface area contributed by atoms with Crippen LogP contribution in [0.3, 0.4) is 0 Å². The Morgan fingerprint density at radius 3 is 3.10 bits per heavy atom. The summed E-state index contributed by atoms with van der Waals surface area (Å²) in [5.41, 5.74) is 2.78. The Hall–Kier alpha value is -2.37. The summed E-state index contributed by atoms with van der Waals surface area (Å²) in [6.07, 6.45) is 7.37. The summed E-state index contributed by atoms with van der Waals surface area (Å²) in [5, 5.41) is 10.5. The minimum Gasteiger partial charge on any atom is -0.446 e. The van der Waals surface area contributed by atoms with Crippen molar-refractivity contribution in [2.45, 2.75) is 26.7 Å². The van der Waals surface area contributed by atoms with E-state index in [4.69, 9.17) is 4.42 Å². The third-order valence-electron chi connectivity index (χ3n) is 3.50. The second-order valence-electron chi connectivity index (χ2n) is 5.35. The summed E-state index contributed by atoms with van der Waals surface area (Å²) in [6.45, 7) is 4.98. The maximum atomic E-state index is 5.51. The first-order valence-corrected chi connectivity index (χ1v) is 7.16. The summed E-state index contributed by atoms with van der Waals surface area (Å²) < 4.78 is 5.51. The van der Waals surface area contributed by atoms with E-state index < -0.39 is 0 Å². The zero-order valence-corrected chi connectivity index (χ0v) is 12.3. The van der Waals surface area contributed by atoms with Gasteiger partial charge in [0.05, 0.1) is 11.9 Å². The predicted molar refractivity (Wildman–Crippen MR) is 81.1 cm³/mol. The van der Waals surface area contributed by atoms with E-state index in [9.17, 15) is 0 Å². The Balaban J connectivity index is 1.52. The maximum Gasteiger partial charge on any atom is 0.191 e. The van der Waals surface area contributed by atoms with Crippen LogP contribution in [-0.4, -0.2) is 26.7 Å². The predicted octanol–water partition coefficient (Wildman–Crippen LogP) is 2.94. The number of nitrogens with one attached hydrogen (secondary N) is 2. The van der Waals surface area contributed by atoms with Crippen LogP contribution in [0, 0.1) is 12.8 Å². The van der Waals surface area contributed by atoms with E-state index in [0.717, 1.165) is 47.8 Å². The summed E-state index contributed by atoms with van der Waals surface area (Å²) in [6, 6.07) is 1.95. The maximum absolute atomic E-state index is 5.51. The summed E-state index contributed by atoms with van der Waals surface area (Å²) in [7, 11) is 0. The first-order valence-electron chi connectivity index (χ1n) is 7.16. The molecule has 2 N–H and O–H groups in total. The molecule has 1 atom stereocenters. The highest BCUT2D eigenvalue weighted by molar-refractivity contribution is 5.86. The van der Waals surface area contributed by atoms with Gasteiger partial charge in [-0.15, -0.1) is 0 Å². The highest BCUT2D eigenvalue weighted by Gasteiger charge is 2.08. The van der Waals surface area contributed by atoms with Gasteiger partial charge in [-0.05, 0) is 18.4 Å². The largest absolute Gasteiger partial charge is 0.446 e. The summed E-state index contributed by atoms with van der Waals surface area (Å²) in [5.74, 6) is 2.22. The smallest absolute Gasteiger partial charge is 0.191 e. The lowest BCUT2D eigenvalue weighted by Crippen LogP contribution is -2.09. The molecule has 0 radical (unpaired) electrons. The van der Waals surface area contributed by atoms with Gasteiger partial charge in [0.25, 0.3) is 0 Å². The number of oxazole rings is 1. The number of pyridine rings is 1. The average Bonchev–Trinajstić information content (AvgIpc) is 3.08. The monoisotopic (exact) mass is 285 g/mol. The van der Waals surface area contributed by atoms with Gasteiger partial charge < -0.3 is 9.73 Å². The van der Waals surface area contributed by atoms with Crippen molar-refractivity contribution in [3.8, 4) is 0 Å². The zero-order chi connectivity index (χ0) is 14.7. The molecule has 3 heterocycles. The molecule has 0 aliphatic rings. The molecule has 6 heteroatoms. The van der Waals surface area contributed by atoms with Gasteiger partial charge in [0, 0.05) is 32.3 Å². The molecule has 0 aliphatic heterocycles. The molecule has 21 heavy (non-hydrogen) atoms. The van der Waals surface area contributed by atoms with Crippen molar-refractivity contribution in [3.05, 3.63) is 36.3 Å². The van der Waals surface area contributed by atoms with Crippen molar-refractivity contribution in [1.29, 1.82) is 0 Å². The molecule has 6 nitrogen and oxygen atoms in total. The fourth-order valence-electron chi connectivity index (χ4n) is 2.39. The van der Waals surface area contributed by atoms with Gasteiger partial charge in [0.15, 0.2) is 5.89 Å². The highest BCUT2D eigenvalue weighted by Crippen LogP contribution is 2.19. The third-order valence-corrected chi connectivity index (χ3v) is 3.50. The lowest BCUT2D eigenvalue weighted by atomic mass is 10.0. The minimum absolute atomic E-state index is 0.529. The van der Waals surface area contributed by atoms with Gasteiger partial charge in [0.1, 0.15) is 16.8 Å². The second kappa shape index (κ2) is 5.95. The van der Waals surface area contributed by atoms with E-state index in [1.165, 1.54) is 0 Å². The number of hydrogen-bond donors (Lipinski definition) is 2. The average molecular weight is 285 g/mol. The molecular formula is C15H19N5O. The van der Waals surface area contributed by atoms with Gasteiger partial charge in [-0.25, -0.2) is 4.98 Å². The Labute approximate surface area is 123 Å². The van der Waals surface area contributed by atoms with Crippen molar-refractivity contribution >= 4 is 16.7 Å². The number of aromatic nitrogens is 4. The second-order valence-corrected chi connectivity index (χ2v) is 5.35. The van der Waals surface area contributed by atoms with Gasteiger partial charge in [-0.1, -0.05) is 6.92 Å². The first kappa shape index (κ1) is 13.6. The van der Waals surface area contributed by atoms with E-state index in [0.29, 0.717) is 5.92 Å². The Morgan fingerprint density at radius 1 is 1.38 bits per heavy atom. The molecule has 3 aromatic rings. The van der Waals surface area contributed by atoms with E-state index in [1.54, 1.807) is 12.4 Å². The fraction of sp³-hybridized carbons (Fsp3) is 0.400. The molecule has 0 spiro atoms. The lowest BCUT2D eigenvalue weighted by Gasteiger charge is -2.11. The van der Waals surface area contributed by atoms with E-state index in [2.05, 4.69) is 32.4 Å². The first-order chi connectivity index (χ1) is 10.2. The van der Waals surface area contributed by atoms with Crippen molar-refractivity contribution in [2.24, 2.45) is 5.92 Å². The molecule has 0 bridgehead atoms. The molecule has 0 saturated carbocycles. The molecule has 0 amide bonds. The van der Waals surface area contributed by atoms with E-state index in [-0.39, 0.29) is 0 Å². The molecule has 0 aliphatic carbocycles. The molecule has 0 unspecified atom stereocenters. The van der Waals surface area contributed by atoms with Crippen molar-refractivity contribution in [3.63, 3.8) is 0 Å². The number of anilines is 1. The summed E-state index contributed by atoms with van der Waals surface area (Å²) in [4.78, 5) is 8.37. The van der Waals surface area contributed by atoms with Gasteiger partial charge >= 0.3 is 0 Å². The van der Waals surface area contributed by atoms with Crippen LogP contribution in [0.5, 0.6) is 0 Å². The number of hydrogen-bond acceptors (Lipinski definition) is 5. The topological polar surface area (TPSA) is 79.6 Å². The quantitative estimate of drug-likeness (QED) is 0.728. The SMILES string of the molecule is Cc1ncc(C[C@@H](C)CCNc2ccnc3c[nH]nc23)o1. The number of nitrogens with zero attached hydrogens (tertiary/aromatic N) is 3. The minimum atomic E-state index is 0.529.